The van der Waals surface area contributed by atoms with Gasteiger partial charge in [0.2, 0.25) is 5.91 Å². The fraction of sp³-hybridized carbons (Fsp3) is 0.0952. The van der Waals surface area contributed by atoms with Gasteiger partial charge in [-0.15, -0.1) is 11.8 Å². The van der Waals surface area contributed by atoms with Gasteiger partial charge in [-0.05, 0) is 48.5 Å². The Hall–Kier alpha value is -2.92. The Bertz CT molecular complexity index is 849. The highest BCUT2D eigenvalue weighted by atomic mass is 32.2. The molecule has 1 N–H and O–H groups in total. The van der Waals surface area contributed by atoms with E-state index in [4.69, 9.17) is 0 Å². The first-order valence-electron chi connectivity index (χ1n) is 8.34. The monoisotopic (exact) mass is 361 g/mol. The van der Waals surface area contributed by atoms with E-state index in [1.807, 2.05) is 84.9 Å². The van der Waals surface area contributed by atoms with E-state index >= 15 is 0 Å². The summed E-state index contributed by atoms with van der Waals surface area (Å²) < 4.78 is 0. The van der Waals surface area contributed by atoms with Gasteiger partial charge in [0.25, 0.3) is 0 Å². The zero-order chi connectivity index (χ0) is 18.0. The number of thioether (sulfide) groups is 1. The molecule has 0 aliphatic carbocycles. The third kappa shape index (κ3) is 5.86. The molecule has 4 nitrogen and oxygen atoms in total. The van der Waals surface area contributed by atoms with Crippen LogP contribution in [0.5, 0.6) is 0 Å². The summed E-state index contributed by atoms with van der Waals surface area (Å²) in [5, 5.41) is 11.3. The molecular formula is C21H19N3OS. The van der Waals surface area contributed by atoms with E-state index in [1.54, 1.807) is 11.8 Å². The molecule has 130 valence electrons. The van der Waals surface area contributed by atoms with Crippen molar-refractivity contribution in [3.8, 4) is 0 Å². The molecule has 0 spiro atoms. The molecule has 0 radical (unpaired) electrons. The maximum absolute atomic E-state index is 12.0. The first kappa shape index (κ1) is 17.9. The summed E-state index contributed by atoms with van der Waals surface area (Å²) in [6, 6.07) is 27.0. The summed E-state index contributed by atoms with van der Waals surface area (Å²) in [5.74, 6) is 0.756. The summed E-state index contributed by atoms with van der Waals surface area (Å²) in [6.07, 6.45) is 0.467. The van der Waals surface area contributed by atoms with Gasteiger partial charge in [0, 0.05) is 22.8 Å². The molecule has 0 aliphatic rings. The molecule has 26 heavy (non-hydrogen) atoms. The van der Waals surface area contributed by atoms with Crippen LogP contribution in [-0.4, -0.2) is 11.7 Å². The van der Waals surface area contributed by atoms with Crippen molar-refractivity contribution in [2.45, 2.75) is 11.3 Å². The van der Waals surface area contributed by atoms with Gasteiger partial charge < -0.3 is 5.32 Å². The lowest BCUT2D eigenvalue weighted by atomic mass is 10.3. The topological polar surface area (TPSA) is 53.8 Å². The smallest absolute Gasteiger partial charge is 0.225 e. The van der Waals surface area contributed by atoms with Crippen molar-refractivity contribution in [3.05, 3.63) is 84.9 Å². The van der Waals surface area contributed by atoms with Crippen LogP contribution in [0.3, 0.4) is 0 Å². The molecule has 3 aromatic rings. The van der Waals surface area contributed by atoms with Crippen LogP contribution in [0.2, 0.25) is 0 Å². The highest BCUT2D eigenvalue weighted by Crippen LogP contribution is 2.21. The largest absolute Gasteiger partial charge is 0.326 e. The molecule has 0 saturated carbocycles. The normalized spacial score (nSPS) is 10.8. The minimum Gasteiger partial charge on any atom is -0.326 e. The van der Waals surface area contributed by atoms with E-state index in [1.165, 1.54) is 4.90 Å². The summed E-state index contributed by atoms with van der Waals surface area (Å²) in [6.45, 7) is 0. The Labute approximate surface area is 157 Å². The molecular weight excluding hydrogens is 342 g/mol. The number of benzene rings is 3. The fourth-order valence-electron chi connectivity index (χ4n) is 2.22. The van der Waals surface area contributed by atoms with Crippen molar-refractivity contribution in [3.63, 3.8) is 0 Å². The van der Waals surface area contributed by atoms with Crippen molar-refractivity contribution in [2.24, 2.45) is 10.2 Å². The van der Waals surface area contributed by atoms with Crippen LogP contribution in [0.25, 0.3) is 0 Å². The molecule has 0 unspecified atom stereocenters. The van der Waals surface area contributed by atoms with Crippen molar-refractivity contribution >= 4 is 34.7 Å². The summed E-state index contributed by atoms with van der Waals surface area (Å²) in [7, 11) is 0. The highest BCUT2D eigenvalue weighted by molar-refractivity contribution is 7.99. The van der Waals surface area contributed by atoms with E-state index in [2.05, 4.69) is 15.5 Å². The maximum Gasteiger partial charge on any atom is 0.225 e. The van der Waals surface area contributed by atoms with Gasteiger partial charge in [0.05, 0.1) is 11.4 Å². The molecule has 0 aliphatic heterocycles. The Morgan fingerprint density at radius 2 is 1.35 bits per heavy atom. The SMILES string of the molecule is O=C(CCSc1ccccc1)Nc1ccc(N=Nc2ccccc2)cc1. The zero-order valence-corrected chi connectivity index (χ0v) is 15.0. The van der Waals surface area contributed by atoms with E-state index in [9.17, 15) is 4.79 Å². The molecule has 3 rings (SSSR count). The van der Waals surface area contributed by atoms with Crippen LogP contribution in [0, 0.1) is 0 Å². The Morgan fingerprint density at radius 1 is 0.769 bits per heavy atom. The fourth-order valence-corrected chi connectivity index (χ4v) is 3.10. The van der Waals surface area contributed by atoms with Crippen LogP contribution < -0.4 is 5.32 Å². The van der Waals surface area contributed by atoms with Crippen LogP contribution in [0.15, 0.2) is 100 Å². The number of nitrogens with one attached hydrogen (secondary N) is 1. The number of azo groups is 1. The van der Waals surface area contributed by atoms with Crippen LogP contribution in [0.4, 0.5) is 17.1 Å². The minimum absolute atomic E-state index is 0.00657. The van der Waals surface area contributed by atoms with Crippen molar-refractivity contribution < 1.29 is 4.79 Å². The second kappa shape index (κ2) is 9.53. The number of carbonyl (C=O) groups is 1. The molecule has 0 bridgehead atoms. The van der Waals surface area contributed by atoms with Gasteiger partial charge in [0.1, 0.15) is 0 Å². The van der Waals surface area contributed by atoms with Crippen LogP contribution in [-0.2, 0) is 4.79 Å². The number of nitrogens with zero attached hydrogens (tertiary/aromatic N) is 2. The third-order valence-electron chi connectivity index (χ3n) is 3.53. The molecule has 0 atom stereocenters. The minimum atomic E-state index is 0.00657. The molecule has 3 aromatic carbocycles. The van der Waals surface area contributed by atoms with Gasteiger partial charge in [-0.25, -0.2) is 0 Å². The lowest BCUT2D eigenvalue weighted by Crippen LogP contribution is -2.11. The Morgan fingerprint density at radius 3 is 2.00 bits per heavy atom. The number of amides is 1. The predicted octanol–water partition coefficient (Wildman–Crippen LogP) is 6.22. The summed E-state index contributed by atoms with van der Waals surface area (Å²) in [4.78, 5) is 13.2. The van der Waals surface area contributed by atoms with Crippen LogP contribution >= 0.6 is 11.8 Å². The van der Waals surface area contributed by atoms with Gasteiger partial charge in [-0.3, -0.25) is 4.79 Å². The molecule has 0 aromatic heterocycles. The molecule has 5 heteroatoms. The van der Waals surface area contributed by atoms with E-state index < -0.39 is 0 Å². The van der Waals surface area contributed by atoms with Gasteiger partial charge >= 0.3 is 0 Å². The average molecular weight is 361 g/mol. The predicted molar refractivity (Wildman–Crippen MR) is 107 cm³/mol. The summed E-state index contributed by atoms with van der Waals surface area (Å²) in [5.41, 5.74) is 2.31. The Balaban J connectivity index is 1.46. The number of hydrogen-bond donors (Lipinski definition) is 1. The quantitative estimate of drug-likeness (QED) is 0.401. The second-order valence-corrected chi connectivity index (χ2v) is 6.71. The summed E-state index contributed by atoms with van der Waals surface area (Å²) >= 11 is 1.68. The van der Waals surface area contributed by atoms with Gasteiger partial charge in [0.15, 0.2) is 0 Å². The number of anilines is 1. The van der Waals surface area contributed by atoms with Gasteiger partial charge in [-0.2, -0.15) is 10.2 Å². The van der Waals surface area contributed by atoms with E-state index in [0.29, 0.717) is 6.42 Å². The number of hydrogen-bond acceptors (Lipinski definition) is 4. The third-order valence-corrected chi connectivity index (χ3v) is 4.54. The lowest BCUT2D eigenvalue weighted by Gasteiger charge is -2.05. The average Bonchev–Trinajstić information content (AvgIpc) is 2.69. The number of carbonyl (C=O) groups excluding carboxylic acids is 1. The van der Waals surface area contributed by atoms with Crippen molar-refractivity contribution in [2.75, 3.05) is 11.1 Å². The zero-order valence-electron chi connectivity index (χ0n) is 14.2. The van der Waals surface area contributed by atoms with Crippen molar-refractivity contribution in [1.82, 2.24) is 0 Å². The van der Waals surface area contributed by atoms with Crippen LogP contribution in [0.1, 0.15) is 6.42 Å². The number of rotatable bonds is 7. The molecule has 0 heterocycles. The first-order chi connectivity index (χ1) is 12.8. The molecule has 0 fully saturated rings. The highest BCUT2D eigenvalue weighted by Gasteiger charge is 2.03. The maximum atomic E-state index is 12.0. The molecule has 0 saturated heterocycles. The first-order valence-corrected chi connectivity index (χ1v) is 9.33. The lowest BCUT2D eigenvalue weighted by molar-refractivity contribution is -0.115. The molecule has 1 amide bonds. The Kier molecular flexibility index (Phi) is 6.56. The van der Waals surface area contributed by atoms with Gasteiger partial charge in [-0.1, -0.05) is 36.4 Å². The van der Waals surface area contributed by atoms with Crippen molar-refractivity contribution in [1.29, 1.82) is 0 Å². The van der Waals surface area contributed by atoms with E-state index in [0.717, 1.165) is 22.8 Å². The van der Waals surface area contributed by atoms with E-state index in [-0.39, 0.29) is 5.91 Å². The second-order valence-electron chi connectivity index (χ2n) is 5.54. The standard InChI is InChI=1S/C21H19N3OS/c25-21(15-16-26-20-9-5-2-6-10-20)22-17-11-13-19(14-12-17)24-23-18-7-3-1-4-8-18/h1-14H,15-16H2,(H,22,25).